The van der Waals surface area contributed by atoms with Gasteiger partial charge in [-0.3, -0.25) is 0 Å². The molecule has 0 saturated carbocycles. The normalized spacial score (nSPS) is 11.3. The van der Waals surface area contributed by atoms with Crippen LogP contribution in [-0.2, 0) is 21.1 Å². The third-order valence-electron chi connectivity index (χ3n) is 8.27. The van der Waals surface area contributed by atoms with Crippen molar-refractivity contribution in [2.75, 3.05) is 0 Å². The predicted octanol–water partition coefficient (Wildman–Crippen LogP) is 9.73. The zero-order valence-electron chi connectivity index (χ0n) is 24.4. The fourth-order valence-corrected chi connectivity index (χ4v) is 6.41. The van der Waals surface area contributed by atoms with E-state index in [9.17, 15) is 0 Å². The Bertz CT molecular complexity index is 2510. The molecule has 4 heterocycles. The summed E-state index contributed by atoms with van der Waals surface area (Å²) in [6, 6.07) is 52.3. The van der Waals surface area contributed by atoms with Gasteiger partial charge in [-0.15, -0.1) is 41.3 Å². The van der Waals surface area contributed by atoms with Crippen LogP contribution in [0.2, 0.25) is 0 Å². The minimum absolute atomic E-state index is 0. The third-order valence-corrected chi connectivity index (χ3v) is 8.27. The molecule has 0 atom stereocenters. The van der Waals surface area contributed by atoms with E-state index in [-0.39, 0.29) is 21.1 Å². The molecule has 9 rings (SSSR count). The minimum Gasteiger partial charge on any atom is -0.503 e. The first-order valence-electron chi connectivity index (χ1n) is 14.8. The van der Waals surface area contributed by atoms with Gasteiger partial charge < -0.3 is 18.9 Å². The first-order chi connectivity index (χ1) is 22.3. The topological polar surface area (TPSA) is 44.9 Å². The average molecular weight is 772 g/mol. The smallest absolute Gasteiger partial charge is 0.503 e. The standard InChI is InChI=1S/C40H24N4O.Pt/c1-2-12-28(13-3-1)43-34-17-5-4-15-31(34)39-35(43)21-22-36-40(39)32-20-19-30(26-37(32)44(36)38-18-7-9-24-42-38)45-29-14-10-11-27(25-29)33-16-6-8-23-41-33;/h1-24H;/q-2;+2. The molecule has 0 aliphatic carbocycles. The molecular weight excluding hydrogens is 748 g/mol. The van der Waals surface area contributed by atoms with Crippen LogP contribution in [0.15, 0.2) is 146 Å². The fraction of sp³-hybridized carbons (Fsp3) is 0. The van der Waals surface area contributed by atoms with E-state index < -0.39 is 0 Å². The zero-order valence-corrected chi connectivity index (χ0v) is 26.6. The molecule has 4 aromatic heterocycles. The summed E-state index contributed by atoms with van der Waals surface area (Å²) < 4.78 is 10.9. The van der Waals surface area contributed by atoms with E-state index >= 15 is 0 Å². The Morgan fingerprint density at radius 2 is 1.22 bits per heavy atom. The number of pyridine rings is 2. The van der Waals surface area contributed by atoms with Crippen LogP contribution in [0.3, 0.4) is 0 Å². The predicted molar refractivity (Wildman–Crippen MR) is 180 cm³/mol. The van der Waals surface area contributed by atoms with Crippen LogP contribution in [0.1, 0.15) is 0 Å². The first kappa shape index (κ1) is 28.0. The van der Waals surface area contributed by atoms with Crippen molar-refractivity contribution in [3.8, 4) is 34.3 Å². The molecule has 0 saturated heterocycles. The van der Waals surface area contributed by atoms with Crippen LogP contribution >= 0.6 is 0 Å². The largest absolute Gasteiger partial charge is 2.00 e. The van der Waals surface area contributed by atoms with Crippen molar-refractivity contribution in [3.63, 3.8) is 0 Å². The van der Waals surface area contributed by atoms with Gasteiger partial charge in [-0.2, -0.15) is 6.07 Å². The van der Waals surface area contributed by atoms with Gasteiger partial charge in [0.2, 0.25) is 0 Å². The van der Waals surface area contributed by atoms with E-state index in [0.29, 0.717) is 11.5 Å². The maximum atomic E-state index is 6.38. The number of fused-ring (bicyclic) bond motifs is 7. The van der Waals surface area contributed by atoms with Crippen molar-refractivity contribution in [1.29, 1.82) is 0 Å². The summed E-state index contributed by atoms with van der Waals surface area (Å²) in [6.45, 7) is 0. The number of aromatic nitrogens is 4. The summed E-state index contributed by atoms with van der Waals surface area (Å²) >= 11 is 0. The van der Waals surface area contributed by atoms with Gasteiger partial charge in [0.25, 0.3) is 0 Å². The van der Waals surface area contributed by atoms with Gasteiger partial charge in [0.1, 0.15) is 5.82 Å². The van der Waals surface area contributed by atoms with E-state index in [4.69, 9.17) is 9.72 Å². The maximum absolute atomic E-state index is 6.38. The second kappa shape index (κ2) is 11.4. The summed E-state index contributed by atoms with van der Waals surface area (Å²) in [7, 11) is 0. The number of para-hydroxylation sites is 2. The zero-order chi connectivity index (χ0) is 29.7. The van der Waals surface area contributed by atoms with Crippen molar-refractivity contribution in [2.45, 2.75) is 0 Å². The van der Waals surface area contributed by atoms with E-state index in [1.807, 2.05) is 66.9 Å². The second-order valence-electron chi connectivity index (χ2n) is 10.9. The summed E-state index contributed by atoms with van der Waals surface area (Å²) in [4.78, 5) is 9.23. The fourth-order valence-electron chi connectivity index (χ4n) is 6.41. The molecule has 0 aliphatic heterocycles. The molecule has 0 spiro atoms. The van der Waals surface area contributed by atoms with Crippen molar-refractivity contribution in [3.05, 3.63) is 158 Å². The van der Waals surface area contributed by atoms with Gasteiger partial charge in [-0.1, -0.05) is 66.2 Å². The van der Waals surface area contributed by atoms with Crippen LogP contribution in [0.4, 0.5) is 0 Å². The monoisotopic (exact) mass is 771 g/mol. The van der Waals surface area contributed by atoms with Crippen molar-refractivity contribution in [2.24, 2.45) is 0 Å². The molecule has 5 nitrogen and oxygen atoms in total. The molecule has 0 fully saturated rings. The van der Waals surface area contributed by atoms with E-state index in [1.165, 1.54) is 10.8 Å². The Morgan fingerprint density at radius 1 is 0.500 bits per heavy atom. The average Bonchev–Trinajstić information content (AvgIpc) is 3.62. The Morgan fingerprint density at radius 3 is 2.02 bits per heavy atom. The third kappa shape index (κ3) is 4.51. The number of ether oxygens (including phenoxy) is 1. The summed E-state index contributed by atoms with van der Waals surface area (Å²) in [5, 5.41) is 4.63. The van der Waals surface area contributed by atoms with Gasteiger partial charge in [0, 0.05) is 45.9 Å². The van der Waals surface area contributed by atoms with Crippen LogP contribution in [-0.4, -0.2) is 19.1 Å². The molecule has 0 N–H and O–H groups in total. The van der Waals surface area contributed by atoms with Gasteiger partial charge in [-0.25, -0.2) is 4.98 Å². The SMILES string of the molecule is [Pt+2].[c-]1c(Oc2[c-]c3c(cc2)c2c4c5ccccc5n(-c5ccccc5)c4ccc2n3-c2ccccn2)cccc1-c1ccccn1. The van der Waals surface area contributed by atoms with Crippen LogP contribution in [0.5, 0.6) is 11.5 Å². The molecule has 220 valence electrons. The maximum Gasteiger partial charge on any atom is 2.00 e. The second-order valence-corrected chi connectivity index (χ2v) is 10.9. The van der Waals surface area contributed by atoms with Crippen LogP contribution < -0.4 is 4.74 Å². The van der Waals surface area contributed by atoms with E-state index in [2.05, 4.69) is 99.0 Å². The molecule has 0 radical (unpaired) electrons. The number of hydrogen-bond acceptors (Lipinski definition) is 3. The molecular formula is C40H24N4OPt. The molecule has 5 aromatic carbocycles. The number of rotatable bonds is 5. The van der Waals surface area contributed by atoms with Crippen molar-refractivity contribution < 1.29 is 25.8 Å². The number of hydrogen-bond donors (Lipinski definition) is 0. The number of benzene rings is 5. The number of nitrogens with zero attached hydrogens (tertiary/aromatic N) is 4. The van der Waals surface area contributed by atoms with E-state index in [0.717, 1.165) is 55.6 Å². The quantitative estimate of drug-likeness (QED) is 0.164. The van der Waals surface area contributed by atoms with Crippen LogP contribution in [0.25, 0.3) is 66.4 Å². The Balaban J connectivity index is 0.00000312. The minimum atomic E-state index is 0. The Kier molecular flexibility index (Phi) is 6.97. The molecule has 0 unspecified atom stereocenters. The van der Waals surface area contributed by atoms with E-state index in [1.54, 1.807) is 6.20 Å². The van der Waals surface area contributed by atoms with Crippen molar-refractivity contribution in [1.82, 2.24) is 19.1 Å². The molecule has 0 amide bonds. The Labute approximate surface area is 279 Å². The molecule has 0 bridgehead atoms. The Hall–Kier alpha value is -5.51. The molecule has 46 heavy (non-hydrogen) atoms. The van der Waals surface area contributed by atoms with Crippen LogP contribution in [0, 0.1) is 12.1 Å². The van der Waals surface area contributed by atoms with Gasteiger partial charge in [-0.05, 0) is 59.6 Å². The summed E-state index contributed by atoms with van der Waals surface area (Å²) in [5.74, 6) is 2.02. The summed E-state index contributed by atoms with van der Waals surface area (Å²) in [5.41, 5.74) is 7.11. The van der Waals surface area contributed by atoms with Gasteiger partial charge >= 0.3 is 21.1 Å². The molecule has 6 heteroatoms. The van der Waals surface area contributed by atoms with Gasteiger partial charge in [0.15, 0.2) is 0 Å². The van der Waals surface area contributed by atoms with Crippen molar-refractivity contribution >= 4 is 43.6 Å². The summed E-state index contributed by atoms with van der Waals surface area (Å²) in [6.07, 6.45) is 3.61. The molecule has 9 aromatic rings. The molecule has 0 aliphatic rings. The van der Waals surface area contributed by atoms with Gasteiger partial charge in [0.05, 0.1) is 11.0 Å². The first-order valence-corrected chi connectivity index (χ1v) is 14.8.